The van der Waals surface area contributed by atoms with Crippen molar-refractivity contribution in [2.45, 2.75) is 149 Å². The summed E-state index contributed by atoms with van der Waals surface area (Å²) in [6.07, 6.45) is 14.1. The van der Waals surface area contributed by atoms with Crippen molar-refractivity contribution < 1.29 is 42.9 Å². The summed E-state index contributed by atoms with van der Waals surface area (Å²) in [7, 11) is 3.40. The van der Waals surface area contributed by atoms with Crippen LogP contribution in [0.4, 0.5) is 17.2 Å². The Kier molecular flexibility index (Phi) is 20.2. The normalized spacial score (nSPS) is 17.9. The van der Waals surface area contributed by atoms with Gasteiger partial charge in [-0.2, -0.15) is 0 Å². The van der Waals surface area contributed by atoms with Crippen LogP contribution in [0.25, 0.3) is 0 Å². The summed E-state index contributed by atoms with van der Waals surface area (Å²) in [6, 6.07) is 26.2. The molecule has 6 heterocycles. The van der Waals surface area contributed by atoms with Crippen LogP contribution < -0.4 is 33.6 Å². The van der Waals surface area contributed by atoms with Crippen LogP contribution in [0.3, 0.4) is 0 Å². The molecule has 0 bridgehead atoms. The molecular formula is C70H91N7O9. The summed E-state index contributed by atoms with van der Waals surface area (Å²) < 4.78 is 29.8. The molecule has 16 nitrogen and oxygen atoms in total. The fourth-order valence-corrected chi connectivity index (χ4v) is 13.0. The van der Waals surface area contributed by atoms with Crippen LogP contribution in [0.5, 0.6) is 23.3 Å². The summed E-state index contributed by atoms with van der Waals surface area (Å²) in [5.41, 5.74) is 7.44. The molecule has 2 aromatic carbocycles. The molecule has 5 aromatic rings. The number of rotatable bonds is 24. The van der Waals surface area contributed by atoms with E-state index in [2.05, 4.69) is 75.8 Å². The van der Waals surface area contributed by atoms with Gasteiger partial charge in [-0.25, -0.2) is 15.0 Å². The number of carbonyl (C=O) groups excluding carboxylic acids is 4. The number of carbonyl (C=O) groups is 4. The Bertz CT molecular complexity index is 3130. The minimum Gasteiger partial charge on any atom is -0.497 e. The average Bonchev–Trinajstić information content (AvgIpc) is 2.91. The van der Waals surface area contributed by atoms with E-state index in [1.807, 2.05) is 69.3 Å². The minimum atomic E-state index is -0.504. The fourth-order valence-electron chi connectivity index (χ4n) is 13.0. The first-order valence-electron chi connectivity index (χ1n) is 31.8. The molecule has 2 atom stereocenters. The molecule has 5 fully saturated rings. The Hall–Kier alpha value is -7.23. The van der Waals surface area contributed by atoms with Crippen molar-refractivity contribution in [3.05, 3.63) is 119 Å². The van der Waals surface area contributed by atoms with Gasteiger partial charge in [0, 0.05) is 105 Å². The van der Waals surface area contributed by atoms with Gasteiger partial charge < -0.3 is 38.4 Å². The number of hydrogen-bond donors (Lipinski definition) is 0. The number of amides is 2. The van der Waals surface area contributed by atoms with Crippen molar-refractivity contribution in [2.24, 2.45) is 35.0 Å². The second kappa shape index (κ2) is 28.1. The number of ether oxygens (including phenoxy) is 5. The first-order valence-corrected chi connectivity index (χ1v) is 31.8. The van der Waals surface area contributed by atoms with E-state index < -0.39 is 11.9 Å². The summed E-state index contributed by atoms with van der Waals surface area (Å²) in [6.45, 7) is 18.6. The first-order chi connectivity index (χ1) is 41.5. The second-order valence-electron chi connectivity index (χ2n) is 26.5. The number of nitrogens with zero attached hydrogens (tertiary/aromatic N) is 7. The summed E-state index contributed by atoms with van der Waals surface area (Å²) >= 11 is 0. The van der Waals surface area contributed by atoms with Gasteiger partial charge in [-0.05, 0) is 177 Å². The molecule has 2 saturated carbocycles. The maximum atomic E-state index is 13.7. The quantitative estimate of drug-likeness (QED) is 0.0423. The number of aromatic nitrogens is 3. The largest absolute Gasteiger partial charge is 0.497 e. The topological polar surface area (TPSA) is 166 Å². The molecule has 2 aliphatic carbocycles. The molecule has 460 valence electrons. The second-order valence-corrected chi connectivity index (χ2v) is 26.5. The minimum absolute atomic E-state index is 0.0173. The number of likely N-dealkylation sites (tertiary alicyclic amines) is 1. The predicted octanol–water partition coefficient (Wildman–Crippen LogP) is 12.7. The van der Waals surface area contributed by atoms with Crippen LogP contribution in [-0.4, -0.2) is 110 Å². The molecule has 2 unspecified atom stereocenters. The Balaban J connectivity index is 0.686. The lowest BCUT2D eigenvalue weighted by Gasteiger charge is -2.38. The third kappa shape index (κ3) is 16.4. The van der Waals surface area contributed by atoms with Crippen LogP contribution in [-0.2, 0) is 30.5 Å². The molecule has 5 aliphatic rings. The molecule has 0 spiro atoms. The third-order valence-corrected chi connectivity index (χ3v) is 18.3. The summed E-state index contributed by atoms with van der Waals surface area (Å²) in [5, 5.41) is 0. The van der Waals surface area contributed by atoms with Crippen LogP contribution in [0.2, 0.25) is 0 Å². The monoisotopic (exact) mass is 1170 g/mol. The molecular weight excluding hydrogens is 1080 g/mol. The summed E-state index contributed by atoms with van der Waals surface area (Å²) in [4.78, 5) is 76.6. The smallest absolute Gasteiger partial charge is 0.314 e. The van der Waals surface area contributed by atoms with E-state index in [0.717, 1.165) is 143 Å². The van der Waals surface area contributed by atoms with Gasteiger partial charge in [-0.3, -0.25) is 24.1 Å². The van der Waals surface area contributed by atoms with Crippen molar-refractivity contribution in [1.82, 2.24) is 19.9 Å². The standard InChI is InChI=1S/C70H91N7O9/c1-46(2)69(81)77(63-11-9-10-47(3)73-63)43-55-16-17-56(82-7)38-61(55)74-30-22-48(23-31-74)44-84-64-36-53(20-28-71-64)59(50-12-13-50)40-67(79)86-68(80)41-60(51-14-15-51)54-21-29-72-65(37-54)85-45-49-24-32-75(33-25-49)62-39-57(83-8)18-19-58(62)52-26-34-76(35-27-52)66(78)42-70(4,5)6/h9-11,16-21,28-29,36-39,46,48-52,59-60H,12-15,22-27,30-35,40-45H2,1-8H3. The van der Waals surface area contributed by atoms with E-state index >= 15 is 0 Å². The number of hydrogen-bond acceptors (Lipinski definition) is 14. The van der Waals surface area contributed by atoms with E-state index in [-0.39, 0.29) is 47.8 Å². The fraction of sp³-hybridized carbons (Fsp3) is 0.557. The van der Waals surface area contributed by atoms with Gasteiger partial charge in [0.2, 0.25) is 23.6 Å². The van der Waals surface area contributed by atoms with Gasteiger partial charge in [0.05, 0.1) is 46.8 Å². The maximum absolute atomic E-state index is 13.7. The van der Waals surface area contributed by atoms with Crippen LogP contribution in [0.1, 0.15) is 164 Å². The number of methoxy groups -OCH3 is 2. The van der Waals surface area contributed by atoms with Crippen LogP contribution >= 0.6 is 0 Å². The van der Waals surface area contributed by atoms with E-state index in [4.69, 9.17) is 28.7 Å². The van der Waals surface area contributed by atoms with E-state index in [1.165, 1.54) is 11.3 Å². The van der Waals surface area contributed by atoms with Gasteiger partial charge in [0.15, 0.2) is 0 Å². The zero-order valence-corrected chi connectivity index (χ0v) is 52.1. The van der Waals surface area contributed by atoms with Crippen molar-refractivity contribution in [2.75, 3.05) is 81.4 Å². The van der Waals surface area contributed by atoms with Gasteiger partial charge in [0.25, 0.3) is 0 Å². The molecule has 0 radical (unpaired) electrons. The lowest BCUT2D eigenvalue weighted by Crippen LogP contribution is -2.40. The van der Waals surface area contributed by atoms with Gasteiger partial charge >= 0.3 is 11.9 Å². The summed E-state index contributed by atoms with van der Waals surface area (Å²) in [5.74, 6) is 3.92. The number of pyridine rings is 3. The Morgan fingerprint density at radius 3 is 1.65 bits per heavy atom. The van der Waals surface area contributed by atoms with Crippen LogP contribution in [0.15, 0.2) is 91.3 Å². The number of anilines is 3. The SMILES string of the molecule is COc1ccc(CN(C(=O)C(C)C)c2cccc(C)n2)c(N2CCC(COc3cc(C(CC(=O)OC(=O)CC(c4ccnc(OCC5CCN(c6cc(OC)ccc6C6CCN(C(=O)CC(C)(C)C)CC6)CC5)c4)C4CC4)C4CC4)ccn3)CC2)c1. The lowest BCUT2D eigenvalue weighted by atomic mass is 9.86. The zero-order valence-electron chi connectivity index (χ0n) is 52.1. The molecule has 2 amide bonds. The number of aryl methyl sites for hydroxylation is 1. The van der Waals surface area contributed by atoms with E-state index in [1.54, 1.807) is 31.5 Å². The Morgan fingerprint density at radius 2 is 1.15 bits per heavy atom. The first kappa shape index (κ1) is 61.8. The van der Waals surface area contributed by atoms with E-state index in [9.17, 15) is 19.2 Å². The third-order valence-electron chi connectivity index (χ3n) is 18.3. The zero-order chi connectivity index (χ0) is 60.5. The van der Waals surface area contributed by atoms with Gasteiger partial charge in [-0.1, -0.05) is 52.8 Å². The van der Waals surface area contributed by atoms with Crippen molar-refractivity contribution in [3.8, 4) is 23.3 Å². The van der Waals surface area contributed by atoms with Crippen molar-refractivity contribution >= 4 is 40.9 Å². The van der Waals surface area contributed by atoms with E-state index in [0.29, 0.717) is 73.3 Å². The maximum Gasteiger partial charge on any atom is 0.314 e. The highest BCUT2D eigenvalue weighted by Gasteiger charge is 2.38. The number of esters is 2. The van der Waals surface area contributed by atoms with Gasteiger partial charge in [-0.15, -0.1) is 0 Å². The molecule has 3 aliphatic heterocycles. The molecule has 86 heavy (non-hydrogen) atoms. The molecule has 16 heteroatoms. The molecule has 3 aromatic heterocycles. The van der Waals surface area contributed by atoms with Crippen LogP contribution in [0, 0.1) is 41.9 Å². The molecule has 10 rings (SSSR count). The Labute approximate surface area is 509 Å². The predicted molar refractivity (Wildman–Crippen MR) is 334 cm³/mol. The highest BCUT2D eigenvalue weighted by atomic mass is 16.6. The van der Waals surface area contributed by atoms with Gasteiger partial charge in [0.1, 0.15) is 17.3 Å². The molecule has 3 saturated heterocycles. The number of benzene rings is 2. The Morgan fingerprint density at radius 1 is 0.628 bits per heavy atom. The average molecular weight is 1170 g/mol. The van der Waals surface area contributed by atoms with Crippen molar-refractivity contribution in [3.63, 3.8) is 0 Å². The lowest BCUT2D eigenvalue weighted by molar-refractivity contribution is -0.160. The van der Waals surface area contributed by atoms with Crippen molar-refractivity contribution in [1.29, 1.82) is 0 Å². The number of piperidine rings is 3. The molecule has 0 N–H and O–H groups in total. The highest BCUT2D eigenvalue weighted by molar-refractivity contribution is 5.94. The highest BCUT2D eigenvalue weighted by Crippen LogP contribution is 2.47.